The predicted molar refractivity (Wildman–Crippen MR) is 85.3 cm³/mol. The third kappa shape index (κ3) is 3.13. The Balaban J connectivity index is 1.79. The average molecular weight is 327 g/mol. The molecule has 1 spiro atoms. The molecule has 0 radical (unpaired) electrons. The first-order chi connectivity index (χ1) is 10.1. The monoisotopic (exact) mass is 326 g/mol. The number of carbonyl (C=O) groups is 1. The summed E-state index contributed by atoms with van der Waals surface area (Å²) in [5.74, 6) is 0.128. The lowest BCUT2D eigenvalue weighted by molar-refractivity contribution is -0.111. The zero-order chi connectivity index (χ0) is 14.9. The molecule has 1 saturated carbocycles. The van der Waals surface area contributed by atoms with Crippen molar-refractivity contribution in [3.8, 4) is 0 Å². The van der Waals surface area contributed by atoms with E-state index in [4.69, 9.17) is 27.9 Å². The van der Waals surface area contributed by atoms with Crippen molar-refractivity contribution >= 4 is 29.0 Å². The summed E-state index contributed by atoms with van der Waals surface area (Å²) in [7, 11) is 0. The summed E-state index contributed by atoms with van der Waals surface area (Å²) in [5.41, 5.74) is 0.490. The first kappa shape index (κ1) is 15.3. The Labute approximate surface area is 135 Å². The van der Waals surface area contributed by atoms with Crippen LogP contribution in [0, 0.1) is 5.92 Å². The summed E-state index contributed by atoms with van der Waals surface area (Å²) < 4.78 is 6.07. The molecule has 0 bridgehead atoms. The van der Waals surface area contributed by atoms with Crippen LogP contribution >= 0.6 is 23.2 Å². The fraction of sp³-hybridized carbons (Fsp3) is 0.588. The van der Waals surface area contributed by atoms with Crippen LogP contribution in [0.15, 0.2) is 18.2 Å². The molecule has 1 saturated heterocycles. The van der Waals surface area contributed by atoms with E-state index in [-0.39, 0.29) is 17.3 Å². The molecule has 1 heterocycles. The van der Waals surface area contributed by atoms with E-state index in [1.165, 1.54) is 19.3 Å². The van der Waals surface area contributed by atoms with Gasteiger partial charge in [0.2, 0.25) is 0 Å². The van der Waals surface area contributed by atoms with E-state index in [9.17, 15) is 4.79 Å². The second-order valence-corrected chi connectivity index (χ2v) is 7.03. The molecule has 2 fully saturated rings. The minimum Gasteiger partial charge on any atom is -0.375 e. The quantitative estimate of drug-likeness (QED) is 0.689. The van der Waals surface area contributed by atoms with Gasteiger partial charge < -0.3 is 4.74 Å². The maximum atomic E-state index is 12.8. The highest BCUT2D eigenvalue weighted by molar-refractivity contribution is 6.43. The van der Waals surface area contributed by atoms with Crippen LogP contribution in [0.4, 0.5) is 0 Å². The van der Waals surface area contributed by atoms with Crippen molar-refractivity contribution < 1.29 is 9.53 Å². The van der Waals surface area contributed by atoms with Crippen LogP contribution in [0.25, 0.3) is 0 Å². The Bertz CT molecular complexity index is 530. The molecule has 3 rings (SSSR count). The standard InChI is InChI=1S/C17H20Cl2O2/c18-14-6-4-5-13(15(14)19)16(20)12-7-10-21-17(11-12)8-2-1-3-9-17/h4-6,12H,1-3,7-11H2. The van der Waals surface area contributed by atoms with Gasteiger partial charge in [-0.05, 0) is 37.8 Å². The maximum absolute atomic E-state index is 12.8. The van der Waals surface area contributed by atoms with Crippen LogP contribution in [0.2, 0.25) is 10.0 Å². The molecular weight excluding hydrogens is 307 g/mol. The van der Waals surface area contributed by atoms with Crippen LogP contribution in [-0.2, 0) is 4.74 Å². The molecule has 1 aliphatic carbocycles. The number of halogens is 2. The van der Waals surface area contributed by atoms with Crippen molar-refractivity contribution in [1.29, 1.82) is 0 Å². The van der Waals surface area contributed by atoms with Crippen LogP contribution in [-0.4, -0.2) is 18.0 Å². The molecule has 4 heteroatoms. The fourth-order valence-corrected chi connectivity index (χ4v) is 4.10. The normalized spacial score (nSPS) is 25.0. The molecule has 1 aliphatic heterocycles. The first-order valence-electron chi connectivity index (χ1n) is 7.73. The average Bonchev–Trinajstić information content (AvgIpc) is 2.50. The largest absolute Gasteiger partial charge is 0.375 e. The van der Waals surface area contributed by atoms with Gasteiger partial charge in [-0.1, -0.05) is 48.5 Å². The van der Waals surface area contributed by atoms with Crippen molar-refractivity contribution in [3.63, 3.8) is 0 Å². The number of hydrogen-bond donors (Lipinski definition) is 0. The van der Waals surface area contributed by atoms with Gasteiger partial charge in [0.25, 0.3) is 0 Å². The van der Waals surface area contributed by atoms with Gasteiger partial charge in [0.05, 0.1) is 15.6 Å². The minimum atomic E-state index is -0.0676. The van der Waals surface area contributed by atoms with Gasteiger partial charge in [-0.15, -0.1) is 0 Å². The van der Waals surface area contributed by atoms with E-state index in [0.29, 0.717) is 22.2 Å². The van der Waals surface area contributed by atoms with Crippen molar-refractivity contribution in [2.45, 2.75) is 50.5 Å². The van der Waals surface area contributed by atoms with Crippen LogP contribution in [0.3, 0.4) is 0 Å². The number of Topliss-reactive ketones (excluding diaryl/α,β-unsaturated/α-hetero) is 1. The molecule has 2 aliphatic rings. The van der Waals surface area contributed by atoms with Gasteiger partial charge in [-0.2, -0.15) is 0 Å². The van der Waals surface area contributed by atoms with Crippen molar-refractivity contribution in [1.82, 2.24) is 0 Å². The molecule has 0 amide bonds. The van der Waals surface area contributed by atoms with E-state index in [0.717, 1.165) is 25.7 Å². The van der Waals surface area contributed by atoms with E-state index < -0.39 is 0 Å². The molecule has 2 nitrogen and oxygen atoms in total. The third-order valence-electron chi connectivity index (χ3n) is 4.85. The molecule has 1 aromatic rings. The van der Waals surface area contributed by atoms with Gasteiger partial charge in [0.1, 0.15) is 0 Å². The second kappa shape index (κ2) is 6.28. The minimum absolute atomic E-state index is 0.00724. The Morgan fingerprint density at radius 2 is 1.95 bits per heavy atom. The van der Waals surface area contributed by atoms with Crippen molar-refractivity contribution in [2.75, 3.05) is 6.61 Å². The van der Waals surface area contributed by atoms with Crippen LogP contribution < -0.4 is 0 Å². The smallest absolute Gasteiger partial charge is 0.167 e. The molecule has 114 valence electrons. The van der Waals surface area contributed by atoms with Crippen LogP contribution in [0.5, 0.6) is 0 Å². The maximum Gasteiger partial charge on any atom is 0.167 e. The zero-order valence-electron chi connectivity index (χ0n) is 12.0. The first-order valence-corrected chi connectivity index (χ1v) is 8.49. The second-order valence-electron chi connectivity index (χ2n) is 6.25. The zero-order valence-corrected chi connectivity index (χ0v) is 13.6. The number of rotatable bonds is 2. The Hall–Kier alpha value is -0.570. The lowest BCUT2D eigenvalue weighted by atomic mass is 9.74. The SMILES string of the molecule is O=C(c1cccc(Cl)c1Cl)C1CCOC2(CCCCC2)C1. The molecule has 1 aromatic carbocycles. The molecule has 0 N–H and O–H groups in total. The Morgan fingerprint density at radius 1 is 1.19 bits per heavy atom. The number of carbonyl (C=O) groups excluding carboxylic acids is 1. The topological polar surface area (TPSA) is 26.3 Å². The lowest BCUT2D eigenvalue weighted by Gasteiger charge is -2.43. The number of ether oxygens (including phenoxy) is 1. The predicted octanol–water partition coefficient (Wildman–Crippen LogP) is 5.31. The molecule has 1 atom stereocenters. The summed E-state index contributed by atoms with van der Waals surface area (Å²) in [5, 5.41) is 0.829. The van der Waals surface area contributed by atoms with Gasteiger partial charge in [-0.3, -0.25) is 4.79 Å². The highest BCUT2D eigenvalue weighted by Gasteiger charge is 2.41. The van der Waals surface area contributed by atoms with E-state index in [1.54, 1.807) is 18.2 Å². The Morgan fingerprint density at radius 3 is 2.71 bits per heavy atom. The summed E-state index contributed by atoms with van der Waals surface area (Å²) >= 11 is 12.2. The van der Waals surface area contributed by atoms with Gasteiger partial charge >= 0.3 is 0 Å². The summed E-state index contributed by atoms with van der Waals surface area (Å²) in [6.45, 7) is 0.675. The molecule has 0 aromatic heterocycles. The number of ketones is 1. The molecule has 21 heavy (non-hydrogen) atoms. The molecular formula is C17H20Cl2O2. The van der Waals surface area contributed by atoms with Crippen molar-refractivity contribution in [2.24, 2.45) is 5.92 Å². The van der Waals surface area contributed by atoms with Gasteiger partial charge in [0.15, 0.2) is 5.78 Å². The van der Waals surface area contributed by atoms with Crippen molar-refractivity contribution in [3.05, 3.63) is 33.8 Å². The lowest BCUT2D eigenvalue weighted by Crippen LogP contribution is -2.43. The van der Waals surface area contributed by atoms with Crippen LogP contribution in [0.1, 0.15) is 55.3 Å². The highest BCUT2D eigenvalue weighted by atomic mass is 35.5. The van der Waals surface area contributed by atoms with E-state index in [1.807, 2.05) is 0 Å². The van der Waals surface area contributed by atoms with E-state index in [2.05, 4.69) is 0 Å². The number of hydrogen-bond acceptors (Lipinski definition) is 2. The molecule has 1 unspecified atom stereocenters. The fourth-order valence-electron chi connectivity index (χ4n) is 3.71. The third-order valence-corrected chi connectivity index (χ3v) is 5.66. The summed E-state index contributed by atoms with van der Waals surface area (Å²) in [4.78, 5) is 12.8. The van der Waals surface area contributed by atoms with Gasteiger partial charge in [-0.25, -0.2) is 0 Å². The summed E-state index contributed by atoms with van der Waals surface area (Å²) in [6.07, 6.45) is 7.47. The highest BCUT2D eigenvalue weighted by Crippen LogP contribution is 2.42. The van der Waals surface area contributed by atoms with E-state index >= 15 is 0 Å². The van der Waals surface area contributed by atoms with Gasteiger partial charge in [0, 0.05) is 18.1 Å². The summed E-state index contributed by atoms with van der Waals surface area (Å²) in [6, 6.07) is 5.28. The number of benzene rings is 1. The Kier molecular flexibility index (Phi) is 4.58.